The Kier molecular flexibility index (Phi) is 16.1. The molecule has 0 bridgehead atoms. The molecule has 3 fully saturated rings. The van der Waals surface area contributed by atoms with Crippen LogP contribution in [0.5, 0.6) is 0 Å². The average molecular weight is 890 g/mol. The van der Waals surface area contributed by atoms with Crippen molar-refractivity contribution >= 4 is 5.91 Å². The Hall–Kier alpha value is -6.39. The second kappa shape index (κ2) is 22.9. The number of hydrogen-bond acceptors (Lipinski definition) is 7. The van der Waals surface area contributed by atoms with Gasteiger partial charge in [-0.3, -0.25) is 4.79 Å². The minimum Gasteiger partial charge on any atom is -0.376 e. The third-order valence-corrected chi connectivity index (χ3v) is 13.9. The number of amides is 1. The number of aryl methyl sites for hydroxylation is 1. The van der Waals surface area contributed by atoms with Gasteiger partial charge in [0.25, 0.3) is 5.91 Å². The summed E-state index contributed by atoms with van der Waals surface area (Å²) in [5, 5.41) is 25.2. The van der Waals surface area contributed by atoms with E-state index in [0.29, 0.717) is 36.5 Å². The van der Waals surface area contributed by atoms with E-state index < -0.39 is 0 Å². The van der Waals surface area contributed by atoms with Crippen LogP contribution in [0.3, 0.4) is 0 Å². The predicted octanol–water partition coefficient (Wildman–Crippen LogP) is 11.1. The molecule has 1 amide bonds. The fourth-order valence-electron chi connectivity index (χ4n) is 10.1. The molecule has 0 unspecified atom stereocenters. The van der Waals surface area contributed by atoms with E-state index in [4.69, 9.17) is 14.7 Å². The van der Waals surface area contributed by atoms with E-state index in [1.165, 1.54) is 28.7 Å². The van der Waals surface area contributed by atoms with Crippen LogP contribution < -0.4 is 10.6 Å². The summed E-state index contributed by atoms with van der Waals surface area (Å²) in [5.41, 5.74) is 12.5. The van der Waals surface area contributed by atoms with Crippen LogP contribution in [0.4, 0.5) is 0 Å². The number of likely N-dealkylation sites (tertiary alicyclic amines) is 1. The monoisotopic (exact) mass is 889 g/mol. The number of hydrogen-bond donors (Lipinski definition) is 2. The topological polar surface area (TPSA) is 110 Å². The highest BCUT2D eigenvalue weighted by Gasteiger charge is 2.35. The molecule has 6 aromatic carbocycles. The molecule has 6 aromatic rings. The summed E-state index contributed by atoms with van der Waals surface area (Å²) in [7, 11) is 0. The maximum atomic E-state index is 13.4. The lowest BCUT2D eigenvalue weighted by molar-refractivity contribution is 0.0564. The summed E-state index contributed by atoms with van der Waals surface area (Å²) in [6, 6.07) is 53.9. The van der Waals surface area contributed by atoms with Gasteiger partial charge in [-0.1, -0.05) is 103 Å². The normalized spacial score (nSPS) is 16.4. The molecule has 0 spiro atoms. The summed E-state index contributed by atoms with van der Waals surface area (Å²) in [5.74, 6) is 0.0931. The summed E-state index contributed by atoms with van der Waals surface area (Å²) < 4.78 is 12.8. The zero-order chi connectivity index (χ0) is 46.3. The molecule has 0 saturated carbocycles. The van der Waals surface area contributed by atoms with Gasteiger partial charge in [-0.25, -0.2) is 0 Å². The molecule has 3 heterocycles. The Morgan fingerprint density at radius 2 is 1.00 bits per heavy atom. The lowest BCUT2D eigenvalue weighted by Gasteiger charge is -2.38. The number of nitrogens with one attached hydrogen (secondary N) is 2. The van der Waals surface area contributed by atoms with Crippen LogP contribution in [0.15, 0.2) is 146 Å². The number of nitriles is 2. The third kappa shape index (κ3) is 12.1. The quantitative estimate of drug-likeness (QED) is 0.119. The number of carbonyl (C=O) groups is 1. The lowest BCUT2D eigenvalue weighted by atomic mass is 9.74. The van der Waals surface area contributed by atoms with Gasteiger partial charge in [-0.2, -0.15) is 10.5 Å². The molecule has 0 atom stereocenters. The highest BCUT2D eigenvalue weighted by Crippen LogP contribution is 2.36. The van der Waals surface area contributed by atoms with Crippen molar-refractivity contribution in [3.63, 3.8) is 0 Å². The van der Waals surface area contributed by atoms with Crippen molar-refractivity contribution in [3.05, 3.63) is 190 Å². The minimum atomic E-state index is 0.00367. The zero-order valence-electron chi connectivity index (χ0n) is 38.9. The fraction of sp³-hybridized carbons (Fsp3) is 0.339. The zero-order valence-corrected chi connectivity index (χ0v) is 38.9. The van der Waals surface area contributed by atoms with Gasteiger partial charge < -0.3 is 25.0 Å². The summed E-state index contributed by atoms with van der Waals surface area (Å²) in [6.45, 7) is 10.2. The van der Waals surface area contributed by atoms with Gasteiger partial charge in [-0.05, 0) is 171 Å². The molecule has 8 nitrogen and oxygen atoms in total. The van der Waals surface area contributed by atoms with Crippen molar-refractivity contribution in [1.29, 1.82) is 10.5 Å². The second-order valence-corrected chi connectivity index (χ2v) is 18.6. The van der Waals surface area contributed by atoms with Crippen LogP contribution in [0.1, 0.15) is 94.2 Å². The van der Waals surface area contributed by atoms with E-state index in [1.54, 1.807) is 0 Å². The highest BCUT2D eigenvalue weighted by atomic mass is 16.5. The highest BCUT2D eigenvalue weighted by molar-refractivity contribution is 5.96. The maximum Gasteiger partial charge on any atom is 0.253 e. The van der Waals surface area contributed by atoms with Crippen molar-refractivity contribution < 1.29 is 14.3 Å². The van der Waals surface area contributed by atoms with Crippen molar-refractivity contribution in [2.45, 2.75) is 75.9 Å². The molecular weight excluding hydrogens is 827 g/mol. The number of piperidine rings is 3. The van der Waals surface area contributed by atoms with Gasteiger partial charge >= 0.3 is 0 Å². The first kappa shape index (κ1) is 47.1. The van der Waals surface area contributed by atoms with Gasteiger partial charge in [0.2, 0.25) is 0 Å². The van der Waals surface area contributed by atoms with Crippen LogP contribution in [-0.4, -0.2) is 63.3 Å². The molecule has 0 radical (unpaired) electrons. The van der Waals surface area contributed by atoms with Crippen LogP contribution >= 0.6 is 0 Å². The molecule has 3 saturated heterocycles. The number of carbonyl (C=O) groups excluding carboxylic acids is 1. The summed E-state index contributed by atoms with van der Waals surface area (Å²) in [6.07, 6.45) is 7.60. The summed E-state index contributed by atoms with van der Waals surface area (Å²) in [4.78, 5) is 15.4. The van der Waals surface area contributed by atoms with Crippen LogP contribution in [0, 0.1) is 29.6 Å². The van der Waals surface area contributed by atoms with E-state index >= 15 is 0 Å². The number of nitrogens with zero attached hydrogens (tertiary/aromatic N) is 3. The Morgan fingerprint density at radius 3 is 1.46 bits per heavy atom. The molecule has 2 N–H and O–H groups in total. The van der Waals surface area contributed by atoms with Gasteiger partial charge in [0.05, 0.1) is 49.7 Å². The first-order valence-corrected chi connectivity index (χ1v) is 24.1. The van der Waals surface area contributed by atoms with Crippen molar-refractivity contribution in [1.82, 2.24) is 15.5 Å². The first-order chi connectivity index (χ1) is 32.8. The lowest BCUT2D eigenvalue weighted by Crippen LogP contribution is -2.43. The Balaban J connectivity index is 0.000000186. The smallest absolute Gasteiger partial charge is 0.253 e. The molecule has 3 aliphatic rings. The van der Waals surface area contributed by atoms with Crippen LogP contribution in [0.2, 0.25) is 0 Å². The molecule has 0 aliphatic carbocycles. The van der Waals surface area contributed by atoms with Gasteiger partial charge in [-0.15, -0.1) is 0 Å². The SMILES string of the molecule is Cc1cc(COCC2(c3ccccc3)CCNCC2)cc(-c2ccc(C#N)cc2)c1.N#Cc1ccc(-c2cc(COCC3(c4ccccc4)CCNCC3)cc(C(=O)N3CCCCC3)c2)cc1. The van der Waals surface area contributed by atoms with E-state index in [1.807, 2.05) is 65.6 Å². The molecule has 3 aliphatic heterocycles. The van der Waals surface area contributed by atoms with Crippen molar-refractivity contribution in [2.75, 3.05) is 52.5 Å². The molecule has 8 heteroatoms. The first-order valence-electron chi connectivity index (χ1n) is 24.1. The van der Waals surface area contributed by atoms with Crippen LogP contribution in [-0.2, 0) is 33.5 Å². The van der Waals surface area contributed by atoms with E-state index in [0.717, 1.165) is 112 Å². The molecule has 342 valence electrons. The number of benzene rings is 6. The van der Waals surface area contributed by atoms with Gasteiger partial charge in [0, 0.05) is 29.5 Å². The average Bonchev–Trinajstić information content (AvgIpc) is 3.40. The Morgan fingerprint density at radius 1 is 0.552 bits per heavy atom. The van der Waals surface area contributed by atoms with E-state index in [9.17, 15) is 10.1 Å². The van der Waals surface area contributed by atoms with Gasteiger partial charge in [0.15, 0.2) is 0 Å². The van der Waals surface area contributed by atoms with Gasteiger partial charge in [0.1, 0.15) is 0 Å². The maximum absolute atomic E-state index is 13.4. The molecule has 0 aromatic heterocycles. The number of ether oxygens (including phenoxy) is 2. The van der Waals surface area contributed by atoms with Crippen molar-refractivity contribution in [2.24, 2.45) is 0 Å². The third-order valence-electron chi connectivity index (χ3n) is 13.9. The minimum absolute atomic E-state index is 0.00367. The van der Waals surface area contributed by atoms with E-state index in [-0.39, 0.29) is 16.7 Å². The fourth-order valence-corrected chi connectivity index (χ4v) is 10.1. The molecular formula is C59H63N5O3. The standard InChI is InChI=1S/C32H35N3O2.C27H28N2O/c33-22-25-9-11-27(12-10-25)28-19-26(20-29(21-28)31(36)35-17-5-2-6-18-35)23-37-24-32(13-15-34-16-14-32)30-7-3-1-4-8-30;1-21-15-23(17-25(16-21)24-9-7-22(18-28)8-10-24)19-30-20-27(11-13-29-14-12-27)26-5-3-2-4-6-26/h1,3-4,7-12,19-21,34H,2,5-6,13-18,23-24H2;2-10,15-17,29H,11-14,19-20H2,1H3. The van der Waals surface area contributed by atoms with E-state index in [2.05, 4.69) is 115 Å². The largest absolute Gasteiger partial charge is 0.376 e. The predicted molar refractivity (Wildman–Crippen MR) is 267 cm³/mol. The molecule has 9 rings (SSSR count). The number of rotatable bonds is 13. The molecule has 67 heavy (non-hydrogen) atoms. The second-order valence-electron chi connectivity index (χ2n) is 18.6. The Bertz CT molecular complexity index is 2620. The van der Waals surface area contributed by atoms with Crippen molar-refractivity contribution in [3.8, 4) is 34.4 Å². The Labute approximate surface area is 397 Å². The summed E-state index contributed by atoms with van der Waals surface area (Å²) >= 11 is 0. The van der Waals surface area contributed by atoms with Crippen LogP contribution in [0.25, 0.3) is 22.3 Å².